The van der Waals surface area contributed by atoms with Crippen molar-refractivity contribution in [2.75, 3.05) is 4.90 Å². The summed E-state index contributed by atoms with van der Waals surface area (Å²) in [4.78, 5) is 2.39. The Morgan fingerprint density at radius 2 is 0.942 bits per heavy atom. The van der Waals surface area contributed by atoms with Crippen molar-refractivity contribution in [3.05, 3.63) is 200 Å². The van der Waals surface area contributed by atoms with Gasteiger partial charge in [-0.3, -0.25) is 0 Å². The van der Waals surface area contributed by atoms with E-state index >= 15 is 0 Å². The van der Waals surface area contributed by atoms with Gasteiger partial charge >= 0.3 is 0 Å². The van der Waals surface area contributed by atoms with E-state index in [0.717, 1.165) is 39.2 Å². The number of rotatable bonds is 6. The molecule has 0 fully saturated rings. The van der Waals surface area contributed by atoms with Gasteiger partial charge in [0.1, 0.15) is 11.2 Å². The normalized spacial score (nSPS) is 11.5. The van der Waals surface area contributed by atoms with Crippen LogP contribution in [0.2, 0.25) is 0 Å². The van der Waals surface area contributed by atoms with E-state index in [4.69, 9.17) is 4.42 Å². The highest BCUT2D eigenvalue weighted by atomic mass is 16.3. The Labute approximate surface area is 302 Å². The van der Waals surface area contributed by atoms with Gasteiger partial charge in [0.25, 0.3) is 0 Å². The first-order chi connectivity index (χ1) is 25.8. The summed E-state index contributed by atoms with van der Waals surface area (Å²) in [5, 5.41) is 7.13. The van der Waals surface area contributed by atoms with E-state index in [2.05, 4.69) is 193 Å². The van der Waals surface area contributed by atoms with Crippen LogP contribution in [-0.2, 0) is 0 Å². The lowest BCUT2D eigenvalue weighted by molar-refractivity contribution is 0.669. The summed E-state index contributed by atoms with van der Waals surface area (Å²) in [6, 6.07) is 71.8. The van der Waals surface area contributed by atoms with Crippen LogP contribution in [0, 0.1) is 0 Å². The molecule has 10 aromatic rings. The lowest BCUT2D eigenvalue weighted by atomic mass is 9.94. The average molecular weight is 664 g/mol. The molecule has 2 nitrogen and oxygen atoms in total. The fourth-order valence-electron chi connectivity index (χ4n) is 7.68. The lowest BCUT2D eigenvalue weighted by Crippen LogP contribution is -2.11. The Balaban J connectivity index is 1.14. The number of nitrogens with zero attached hydrogens (tertiary/aromatic N) is 1. The lowest BCUT2D eigenvalue weighted by Gasteiger charge is -2.28. The van der Waals surface area contributed by atoms with Gasteiger partial charge in [0.15, 0.2) is 0 Å². The van der Waals surface area contributed by atoms with Crippen molar-refractivity contribution < 1.29 is 4.42 Å². The maximum Gasteiger partial charge on any atom is 0.136 e. The van der Waals surface area contributed by atoms with Gasteiger partial charge in [0, 0.05) is 27.7 Å². The number of hydrogen-bond donors (Lipinski definition) is 0. The molecule has 52 heavy (non-hydrogen) atoms. The summed E-state index contributed by atoms with van der Waals surface area (Å²) in [5.74, 6) is 0. The van der Waals surface area contributed by atoms with E-state index < -0.39 is 0 Å². The van der Waals surface area contributed by atoms with Crippen LogP contribution in [0.5, 0.6) is 0 Å². The minimum Gasteiger partial charge on any atom is -0.456 e. The summed E-state index contributed by atoms with van der Waals surface area (Å²) >= 11 is 0. The molecule has 0 saturated heterocycles. The number of para-hydroxylation sites is 2. The summed E-state index contributed by atoms with van der Waals surface area (Å²) in [6.07, 6.45) is 0. The molecule has 0 N–H and O–H groups in total. The monoisotopic (exact) mass is 663 g/mol. The van der Waals surface area contributed by atoms with Crippen molar-refractivity contribution >= 4 is 60.5 Å². The maximum absolute atomic E-state index is 6.19. The Kier molecular flexibility index (Phi) is 7.18. The molecule has 0 amide bonds. The molecule has 0 unspecified atom stereocenters. The third-order valence-electron chi connectivity index (χ3n) is 10.2. The Morgan fingerprint density at radius 1 is 0.327 bits per heavy atom. The number of benzene rings is 9. The molecule has 244 valence electrons. The molecule has 10 rings (SSSR count). The van der Waals surface area contributed by atoms with Crippen LogP contribution in [-0.4, -0.2) is 0 Å². The second-order valence-electron chi connectivity index (χ2n) is 13.4. The van der Waals surface area contributed by atoms with Crippen LogP contribution in [0.25, 0.3) is 76.9 Å². The first kappa shape index (κ1) is 30.0. The summed E-state index contributed by atoms with van der Waals surface area (Å²) in [7, 11) is 0. The molecule has 0 saturated carbocycles. The molecule has 0 aliphatic carbocycles. The number of furan rings is 1. The van der Waals surface area contributed by atoms with Gasteiger partial charge < -0.3 is 9.32 Å². The highest BCUT2D eigenvalue weighted by Gasteiger charge is 2.19. The van der Waals surface area contributed by atoms with Gasteiger partial charge in [0.2, 0.25) is 0 Å². The van der Waals surface area contributed by atoms with Crippen molar-refractivity contribution in [1.29, 1.82) is 0 Å². The Morgan fingerprint density at radius 3 is 1.77 bits per heavy atom. The summed E-state index contributed by atoms with van der Waals surface area (Å²) in [5.41, 5.74) is 12.3. The molecule has 0 aliphatic heterocycles. The van der Waals surface area contributed by atoms with E-state index in [1.54, 1.807) is 0 Å². The van der Waals surface area contributed by atoms with Gasteiger partial charge in [-0.25, -0.2) is 0 Å². The minimum atomic E-state index is 0.920. The zero-order valence-electron chi connectivity index (χ0n) is 28.4. The molecule has 0 spiro atoms. The molecule has 9 aromatic carbocycles. The maximum atomic E-state index is 6.19. The van der Waals surface area contributed by atoms with Crippen LogP contribution < -0.4 is 4.90 Å². The fraction of sp³-hybridized carbons (Fsp3) is 0. The highest BCUT2D eigenvalue weighted by molar-refractivity contribution is 6.19. The van der Waals surface area contributed by atoms with Crippen molar-refractivity contribution in [2.24, 2.45) is 0 Å². The summed E-state index contributed by atoms with van der Waals surface area (Å²) in [6.45, 7) is 0. The van der Waals surface area contributed by atoms with Gasteiger partial charge in [0.05, 0.1) is 5.69 Å². The molecule has 0 atom stereocenters. The van der Waals surface area contributed by atoms with Crippen molar-refractivity contribution in [3.8, 4) is 33.4 Å². The van der Waals surface area contributed by atoms with Crippen LogP contribution in [0.3, 0.4) is 0 Å². The third kappa shape index (κ3) is 5.21. The van der Waals surface area contributed by atoms with Crippen LogP contribution in [0.1, 0.15) is 0 Å². The van der Waals surface area contributed by atoms with Crippen LogP contribution in [0.4, 0.5) is 17.1 Å². The largest absolute Gasteiger partial charge is 0.456 e. The highest BCUT2D eigenvalue weighted by Crippen LogP contribution is 2.44. The number of hydrogen-bond acceptors (Lipinski definition) is 2. The second-order valence-corrected chi connectivity index (χ2v) is 13.4. The van der Waals surface area contributed by atoms with Crippen molar-refractivity contribution in [2.45, 2.75) is 0 Å². The predicted molar refractivity (Wildman–Crippen MR) is 220 cm³/mol. The first-order valence-electron chi connectivity index (χ1n) is 17.8. The quantitative estimate of drug-likeness (QED) is 0.176. The van der Waals surface area contributed by atoms with Gasteiger partial charge in [-0.15, -0.1) is 0 Å². The average Bonchev–Trinajstić information content (AvgIpc) is 3.61. The molecular weight excluding hydrogens is 631 g/mol. The topological polar surface area (TPSA) is 16.4 Å². The molecular formula is C50H33NO. The number of anilines is 3. The van der Waals surface area contributed by atoms with Gasteiger partial charge in [-0.2, -0.15) is 0 Å². The van der Waals surface area contributed by atoms with E-state index in [1.165, 1.54) is 54.7 Å². The zero-order chi connectivity index (χ0) is 34.4. The van der Waals surface area contributed by atoms with E-state index in [1.807, 2.05) is 12.1 Å². The molecule has 0 bridgehead atoms. The molecule has 0 radical (unpaired) electrons. The van der Waals surface area contributed by atoms with E-state index in [0.29, 0.717) is 0 Å². The van der Waals surface area contributed by atoms with Crippen molar-refractivity contribution in [1.82, 2.24) is 0 Å². The Hall–Kier alpha value is -6.90. The van der Waals surface area contributed by atoms with E-state index in [9.17, 15) is 0 Å². The molecule has 0 aliphatic rings. The van der Waals surface area contributed by atoms with Crippen molar-refractivity contribution in [3.63, 3.8) is 0 Å². The third-order valence-corrected chi connectivity index (χ3v) is 10.2. The minimum absolute atomic E-state index is 0.920. The molecule has 1 aromatic heterocycles. The first-order valence-corrected chi connectivity index (χ1v) is 17.8. The SMILES string of the molecule is c1ccc(-c2ccc3ccc(N(c4ccccc4)c4ccc(-c5ccc6c(ccc7oc8ccccc8c76)c5)cc4-c4ccccc4)cc3c2)cc1. The fourth-order valence-corrected chi connectivity index (χ4v) is 7.68. The number of fused-ring (bicyclic) bond motifs is 6. The van der Waals surface area contributed by atoms with E-state index in [-0.39, 0.29) is 0 Å². The standard InChI is InChI=1S/C50H33NO/c1-4-12-34(13-5-1)37-21-20-35-22-26-43(32-41(35)31-37)51(42-16-8-3-9-17-42)47-28-24-39(33-46(47)36-14-6-2-7-15-36)38-23-27-44-40(30-38)25-29-49-50(44)45-18-10-11-19-48(45)52-49/h1-33H. The molecule has 1 heterocycles. The predicted octanol–water partition coefficient (Wildman–Crippen LogP) is 14.4. The smallest absolute Gasteiger partial charge is 0.136 e. The van der Waals surface area contributed by atoms with Gasteiger partial charge in [-0.1, -0.05) is 140 Å². The van der Waals surface area contributed by atoms with Gasteiger partial charge in [-0.05, 0) is 110 Å². The summed E-state index contributed by atoms with van der Waals surface area (Å²) < 4.78 is 6.19. The van der Waals surface area contributed by atoms with Crippen LogP contribution >= 0.6 is 0 Å². The Bertz CT molecular complexity index is 2890. The molecule has 2 heteroatoms. The van der Waals surface area contributed by atoms with Crippen LogP contribution in [0.15, 0.2) is 205 Å². The second kappa shape index (κ2) is 12.5. The zero-order valence-corrected chi connectivity index (χ0v) is 28.4.